The maximum atomic E-state index is 12.9. The maximum Gasteiger partial charge on any atom is 0.332 e. The molecule has 0 bridgehead atoms. The quantitative estimate of drug-likeness (QED) is 0.785. The Balaban J connectivity index is 1.90. The molecule has 3 rings (SSSR count). The van der Waals surface area contributed by atoms with E-state index in [-0.39, 0.29) is 17.8 Å². The number of nitrogens with zero attached hydrogens (tertiary/aromatic N) is 1. The van der Waals surface area contributed by atoms with E-state index in [1.807, 2.05) is 42.2 Å². The number of hydrogen-bond acceptors (Lipinski definition) is 3. The van der Waals surface area contributed by atoms with Gasteiger partial charge in [-0.05, 0) is 37.7 Å². The van der Waals surface area contributed by atoms with Crippen molar-refractivity contribution in [2.24, 2.45) is 11.8 Å². The summed E-state index contributed by atoms with van der Waals surface area (Å²) in [6, 6.07) is 9.93. The molecule has 1 amide bonds. The minimum Gasteiger partial charge on any atom is -0.464 e. The van der Waals surface area contributed by atoms with Crippen LogP contribution < -0.4 is 0 Å². The summed E-state index contributed by atoms with van der Waals surface area (Å²) in [6.07, 6.45) is 3.03. The van der Waals surface area contributed by atoms with Gasteiger partial charge in [-0.1, -0.05) is 37.3 Å². The van der Waals surface area contributed by atoms with Crippen LogP contribution in [0.25, 0.3) is 0 Å². The Morgan fingerprint density at radius 1 is 1.30 bits per heavy atom. The number of rotatable bonds is 5. The van der Waals surface area contributed by atoms with Gasteiger partial charge in [0, 0.05) is 18.9 Å². The Morgan fingerprint density at radius 2 is 2.00 bits per heavy atom. The van der Waals surface area contributed by atoms with Gasteiger partial charge < -0.3 is 9.64 Å². The van der Waals surface area contributed by atoms with E-state index in [0.29, 0.717) is 31.9 Å². The van der Waals surface area contributed by atoms with Crippen LogP contribution in [0, 0.1) is 11.8 Å². The predicted molar refractivity (Wildman–Crippen MR) is 87.7 cm³/mol. The fraction of sp³-hybridized carbons (Fsp3) is 0.579. The van der Waals surface area contributed by atoms with E-state index in [2.05, 4.69) is 6.92 Å². The fourth-order valence-corrected chi connectivity index (χ4v) is 3.73. The van der Waals surface area contributed by atoms with Crippen molar-refractivity contribution >= 4 is 11.9 Å². The highest BCUT2D eigenvalue weighted by atomic mass is 16.5. The number of carbonyl (C=O) groups is 2. The summed E-state index contributed by atoms with van der Waals surface area (Å²) >= 11 is 0. The van der Waals surface area contributed by atoms with Crippen LogP contribution in [-0.4, -0.2) is 35.5 Å². The molecule has 4 nitrogen and oxygen atoms in total. The zero-order chi connectivity index (χ0) is 16.4. The molecule has 1 aromatic carbocycles. The topological polar surface area (TPSA) is 46.6 Å². The first-order valence-electron chi connectivity index (χ1n) is 8.61. The van der Waals surface area contributed by atoms with Crippen molar-refractivity contribution in [1.29, 1.82) is 0 Å². The zero-order valence-electron chi connectivity index (χ0n) is 14.0. The molecule has 124 valence electrons. The minimum absolute atomic E-state index is 0.0951. The van der Waals surface area contributed by atoms with Crippen molar-refractivity contribution in [2.45, 2.75) is 45.1 Å². The zero-order valence-corrected chi connectivity index (χ0v) is 14.0. The molecular formula is C19H25NO3. The molecule has 0 spiro atoms. The van der Waals surface area contributed by atoms with Crippen molar-refractivity contribution in [1.82, 2.24) is 4.90 Å². The Morgan fingerprint density at radius 3 is 2.61 bits per heavy atom. The Kier molecular flexibility index (Phi) is 4.42. The Bertz CT molecular complexity index is 586. The van der Waals surface area contributed by atoms with Crippen LogP contribution in [-0.2, 0) is 20.7 Å². The van der Waals surface area contributed by atoms with Crippen LogP contribution >= 0.6 is 0 Å². The first-order valence-corrected chi connectivity index (χ1v) is 8.61. The molecule has 3 atom stereocenters. The number of esters is 1. The first kappa shape index (κ1) is 16.0. The van der Waals surface area contributed by atoms with Crippen LogP contribution in [0.1, 0.15) is 38.7 Å². The highest BCUT2D eigenvalue weighted by molar-refractivity contribution is 5.91. The second-order valence-electron chi connectivity index (χ2n) is 6.83. The van der Waals surface area contributed by atoms with Gasteiger partial charge in [-0.2, -0.15) is 0 Å². The highest BCUT2D eigenvalue weighted by Gasteiger charge is 2.54. The van der Waals surface area contributed by atoms with Crippen molar-refractivity contribution in [3.05, 3.63) is 35.9 Å². The second kappa shape index (κ2) is 6.34. The first-order chi connectivity index (χ1) is 11.1. The van der Waals surface area contributed by atoms with Crippen molar-refractivity contribution in [3.63, 3.8) is 0 Å². The van der Waals surface area contributed by atoms with Crippen LogP contribution in [0.3, 0.4) is 0 Å². The average molecular weight is 315 g/mol. The number of likely N-dealkylation sites (tertiary alicyclic amines) is 1. The molecule has 4 heteroatoms. The standard InChI is InChI=1S/C19H25NO3/c1-3-23-18(22)19(13-15-8-5-4-6-9-15)10-7-11-20(19)17(21)16-12-14(16)2/h4-6,8-9,14,16H,3,7,10-13H2,1-2H3/t14-,16+,19-/m1/s1. The van der Waals surface area contributed by atoms with Crippen LogP contribution in [0.15, 0.2) is 30.3 Å². The molecule has 1 aromatic rings. The molecule has 1 saturated heterocycles. The maximum absolute atomic E-state index is 12.9. The number of carbonyl (C=O) groups excluding carboxylic acids is 2. The van der Waals surface area contributed by atoms with E-state index in [4.69, 9.17) is 4.74 Å². The van der Waals surface area contributed by atoms with Gasteiger partial charge in [0.05, 0.1) is 6.61 Å². The molecule has 0 aromatic heterocycles. The van der Waals surface area contributed by atoms with Crippen molar-refractivity contribution in [2.75, 3.05) is 13.2 Å². The second-order valence-corrected chi connectivity index (χ2v) is 6.83. The van der Waals surface area contributed by atoms with Crippen molar-refractivity contribution in [3.8, 4) is 0 Å². The molecule has 0 radical (unpaired) electrons. The molecule has 1 heterocycles. The molecule has 2 fully saturated rings. The fourth-order valence-electron chi connectivity index (χ4n) is 3.73. The third kappa shape index (κ3) is 2.99. The summed E-state index contributed by atoms with van der Waals surface area (Å²) in [7, 11) is 0. The normalized spacial score (nSPS) is 29.4. The van der Waals surface area contributed by atoms with E-state index < -0.39 is 5.54 Å². The predicted octanol–water partition coefficient (Wildman–Crippen LogP) is 2.81. The molecule has 1 aliphatic carbocycles. The van der Waals surface area contributed by atoms with E-state index in [1.54, 1.807) is 0 Å². The lowest BCUT2D eigenvalue weighted by molar-refractivity contribution is -0.162. The summed E-state index contributed by atoms with van der Waals surface area (Å²) < 4.78 is 5.38. The van der Waals surface area contributed by atoms with Gasteiger partial charge in [0.1, 0.15) is 5.54 Å². The lowest BCUT2D eigenvalue weighted by Gasteiger charge is -2.36. The smallest absolute Gasteiger partial charge is 0.332 e. The van der Waals surface area contributed by atoms with Gasteiger partial charge >= 0.3 is 5.97 Å². The number of hydrogen-bond donors (Lipinski definition) is 0. The molecule has 1 aliphatic heterocycles. The van der Waals surface area contributed by atoms with E-state index in [9.17, 15) is 9.59 Å². The third-order valence-corrected chi connectivity index (χ3v) is 5.18. The largest absolute Gasteiger partial charge is 0.464 e. The van der Waals surface area contributed by atoms with Gasteiger partial charge in [0.25, 0.3) is 0 Å². The molecule has 2 aliphatic rings. The van der Waals surface area contributed by atoms with Crippen LogP contribution in [0.2, 0.25) is 0 Å². The SMILES string of the molecule is CCOC(=O)[C@]1(Cc2ccccc2)CCCN1C(=O)[C@H]1C[C@H]1C. The van der Waals surface area contributed by atoms with Gasteiger partial charge in [-0.25, -0.2) is 4.79 Å². The molecule has 0 N–H and O–H groups in total. The average Bonchev–Trinajstić information content (AvgIpc) is 3.13. The molecule has 23 heavy (non-hydrogen) atoms. The Hall–Kier alpha value is -1.84. The summed E-state index contributed by atoms with van der Waals surface area (Å²) in [5.41, 5.74) is 0.251. The van der Waals surface area contributed by atoms with Gasteiger partial charge in [0.15, 0.2) is 0 Å². The van der Waals surface area contributed by atoms with Crippen LogP contribution in [0.4, 0.5) is 0 Å². The number of benzene rings is 1. The molecular weight excluding hydrogens is 290 g/mol. The summed E-state index contributed by atoms with van der Waals surface area (Å²) in [5.74, 6) is 0.430. The van der Waals surface area contributed by atoms with Gasteiger partial charge in [-0.15, -0.1) is 0 Å². The number of ether oxygens (including phenoxy) is 1. The van der Waals surface area contributed by atoms with E-state index >= 15 is 0 Å². The monoisotopic (exact) mass is 315 g/mol. The molecule has 1 saturated carbocycles. The summed E-state index contributed by atoms with van der Waals surface area (Å²) in [5, 5.41) is 0. The van der Waals surface area contributed by atoms with Gasteiger partial charge in [0.2, 0.25) is 5.91 Å². The lowest BCUT2D eigenvalue weighted by Crippen LogP contribution is -2.56. The van der Waals surface area contributed by atoms with Crippen LogP contribution in [0.5, 0.6) is 0 Å². The summed E-state index contributed by atoms with van der Waals surface area (Å²) in [6.45, 7) is 4.92. The Labute approximate surface area is 137 Å². The summed E-state index contributed by atoms with van der Waals surface area (Å²) in [4.78, 5) is 27.5. The third-order valence-electron chi connectivity index (χ3n) is 5.18. The van der Waals surface area contributed by atoms with Gasteiger partial charge in [-0.3, -0.25) is 4.79 Å². The van der Waals surface area contributed by atoms with Crippen molar-refractivity contribution < 1.29 is 14.3 Å². The minimum atomic E-state index is -0.823. The van der Waals surface area contributed by atoms with E-state index in [0.717, 1.165) is 18.4 Å². The molecule has 0 unspecified atom stereocenters. The van der Waals surface area contributed by atoms with E-state index in [1.165, 1.54) is 0 Å². The number of amides is 1. The lowest BCUT2D eigenvalue weighted by atomic mass is 9.87. The highest BCUT2D eigenvalue weighted by Crippen LogP contribution is 2.43.